The summed E-state index contributed by atoms with van der Waals surface area (Å²) >= 11 is 5.80. The molecule has 0 N–H and O–H groups in total. The van der Waals surface area contributed by atoms with Gasteiger partial charge in [-0.15, -0.1) is 11.6 Å². The lowest BCUT2D eigenvalue weighted by molar-refractivity contribution is -0.119. The third-order valence-electron chi connectivity index (χ3n) is 4.56. The number of rotatable bonds is 5. The summed E-state index contributed by atoms with van der Waals surface area (Å²) in [5, 5.41) is 0. The van der Waals surface area contributed by atoms with Crippen LogP contribution in [-0.4, -0.2) is 49.0 Å². The first-order valence-electron chi connectivity index (χ1n) is 8.28. The number of carbonyl (C=O) groups is 1. The van der Waals surface area contributed by atoms with E-state index in [4.69, 9.17) is 11.6 Å². The standard InChI is InChI=1S/C18H26ClFN2O/c1-21(2)17-13-14(20)7-6-10-16(17)22(18(23)11-12-19)15-8-4-3-5-9-15/h3-5,8-9,14,16-17H,6-7,10-13H2,1-2H3. The lowest BCUT2D eigenvalue weighted by Crippen LogP contribution is -2.52. The predicted octanol–water partition coefficient (Wildman–Crippen LogP) is 3.86. The van der Waals surface area contributed by atoms with Crippen molar-refractivity contribution in [1.82, 2.24) is 4.90 Å². The normalized spacial score (nSPS) is 25.2. The van der Waals surface area contributed by atoms with Crippen molar-refractivity contribution in [3.05, 3.63) is 30.3 Å². The maximum atomic E-state index is 14.1. The van der Waals surface area contributed by atoms with Gasteiger partial charge in [-0.25, -0.2) is 4.39 Å². The zero-order valence-electron chi connectivity index (χ0n) is 13.9. The van der Waals surface area contributed by atoms with Gasteiger partial charge in [0, 0.05) is 24.0 Å². The fourth-order valence-electron chi connectivity index (χ4n) is 3.44. The Balaban J connectivity index is 2.36. The summed E-state index contributed by atoms with van der Waals surface area (Å²) in [5.41, 5.74) is 0.872. The van der Waals surface area contributed by atoms with Gasteiger partial charge < -0.3 is 9.80 Å². The second-order valence-electron chi connectivity index (χ2n) is 6.40. The number of halogens is 2. The van der Waals surface area contributed by atoms with Crippen molar-refractivity contribution in [3.63, 3.8) is 0 Å². The number of hydrogen-bond donors (Lipinski definition) is 0. The molecule has 2 rings (SSSR count). The van der Waals surface area contributed by atoms with Crippen LogP contribution in [0.25, 0.3) is 0 Å². The highest BCUT2D eigenvalue weighted by atomic mass is 35.5. The Hall–Kier alpha value is -1.13. The predicted molar refractivity (Wildman–Crippen MR) is 93.9 cm³/mol. The number of nitrogens with zero attached hydrogens (tertiary/aromatic N) is 2. The van der Waals surface area contributed by atoms with Gasteiger partial charge in [-0.3, -0.25) is 4.79 Å². The molecular weight excluding hydrogens is 315 g/mol. The number of anilines is 1. The smallest absolute Gasteiger partial charge is 0.228 e. The SMILES string of the molecule is CN(C)C1CC(F)CCCC1N(C(=O)CCCl)c1ccccc1. The van der Waals surface area contributed by atoms with Crippen molar-refractivity contribution >= 4 is 23.2 Å². The van der Waals surface area contributed by atoms with Gasteiger partial charge in [0.25, 0.3) is 0 Å². The Bertz CT molecular complexity index is 497. The number of amides is 1. The molecule has 0 spiro atoms. The third-order valence-corrected chi connectivity index (χ3v) is 4.75. The van der Waals surface area contributed by atoms with E-state index in [0.29, 0.717) is 25.1 Å². The maximum Gasteiger partial charge on any atom is 0.228 e. The van der Waals surface area contributed by atoms with E-state index in [2.05, 4.69) is 0 Å². The van der Waals surface area contributed by atoms with Gasteiger partial charge in [-0.2, -0.15) is 0 Å². The van der Waals surface area contributed by atoms with Crippen molar-refractivity contribution in [2.75, 3.05) is 24.9 Å². The third kappa shape index (κ3) is 4.67. The van der Waals surface area contributed by atoms with E-state index in [1.165, 1.54) is 0 Å². The summed E-state index contributed by atoms with van der Waals surface area (Å²) in [6.45, 7) is 0. The van der Waals surface area contributed by atoms with Gasteiger partial charge in [-0.1, -0.05) is 18.2 Å². The average molecular weight is 341 g/mol. The molecule has 1 amide bonds. The Morgan fingerprint density at radius 1 is 1.22 bits per heavy atom. The largest absolute Gasteiger partial charge is 0.308 e. The van der Waals surface area contributed by atoms with Crippen LogP contribution < -0.4 is 4.90 Å². The molecule has 0 aromatic heterocycles. The molecule has 128 valence electrons. The number of carbonyl (C=O) groups excluding carboxylic acids is 1. The Labute approximate surface area is 143 Å². The minimum absolute atomic E-state index is 0.00646. The van der Waals surface area contributed by atoms with Crippen LogP contribution in [0.15, 0.2) is 30.3 Å². The Morgan fingerprint density at radius 2 is 1.91 bits per heavy atom. The van der Waals surface area contributed by atoms with Crippen LogP contribution in [0.1, 0.15) is 32.1 Å². The second kappa shape index (κ2) is 8.65. The van der Waals surface area contributed by atoms with Gasteiger partial charge >= 0.3 is 0 Å². The molecule has 23 heavy (non-hydrogen) atoms. The first-order chi connectivity index (χ1) is 11.0. The molecule has 1 aliphatic carbocycles. The van der Waals surface area contributed by atoms with Crippen LogP contribution in [-0.2, 0) is 4.79 Å². The highest BCUT2D eigenvalue weighted by Gasteiger charge is 2.36. The van der Waals surface area contributed by atoms with Gasteiger partial charge in [0.05, 0.1) is 6.04 Å². The molecule has 5 heteroatoms. The van der Waals surface area contributed by atoms with Crippen molar-refractivity contribution < 1.29 is 9.18 Å². The molecule has 1 fully saturated rings. The first kappa shape index (κ1) is 18.2. The molecule has 3 atom stereocenters. The molecule has 0 heterocycles. The summed E-state index contributed by atoms with van der Waals surface area (Å²) in [6.07, 6.45) is 2.15. The molecule has 0 bridgehead atoms. The van der Waals surface area contributed by atoms with Gasteiger partial charge in [0.2, 0.25) is 5.91 Å². The molecule has 1 aliphatic rings. The Morgan fingerprint density at radius 3 is 2.52 bits per heavy atom. The summed E-state index contributed by atoms with van der Waals surface area (Å²) in [4.78, 5) is 16.6. The molecule has 3 nitrogen and oxygen atoms in total. The van der Waals surface area contributed by atoms with Crippen LogP contribution in [0.3, 0.4) is 0 Å². The number of benzene rings is 1. The molecule has 1 aromatic rings. The number of hydrogen-bond acceptors (Lipinski definition) is 2. The second-order valence-corrected chi connectivity index (χ2v) is 6.78. The van der Waals surface area contributed by atoms with E-state index in [1.54, 1.807) is 0 Å². The van der Waals surface area contributed by atoms with Crippen LogP contribution >= 0.6 is 11.6 Å². The molecular formula is C18H26ClFN2O. The van der Waals surface area contributed by atoms with Crippen molar-refractivity contribution in [2.45, 2.75) is 50.4 Å². The van der Waals surface area contributed by atoms with E-state index >= 15 is 0 Å². The minimum Gasteiger partial charge on any atom is -0.308 e. The van der Waals surface area contributed by atoms with Gasteiger partial charge in [0.15, 0.2) is 0 Å². The summed E-state index contributed by atoms with van der Waals surface area (Å²) in [7, 11) is 3.93. The lowest BCUT2D eigenvalue weighted by Gasteiger charge is -2.39. The molecule has 0 radical (unpaired) electrons. The van der Waals surface area contributed by atoms with Crippen LogP contribution in [0, 0.1) is 0 Å². The molecule has 0 saturated heterocycles. The molecule has 3 unspecified atom stereocenters. The van der Waals surface area contributed by atoms with Crippen LogP contribution in [0.5, 0.6) is 0 Å². The fourth-order valence-corrected chi connectivity index (χ4v) is 3.61. The molecule has 1 aromatic carbocycles. The fraction of sp³-hybridized carbons (Fsp3) is 0.611. The van der Waals surface area contributed by atoms with Crippen molar-refractivity contribution in [1.29, 1.82) is 0 Å². The quantitative estimate of drug-likeness (QED) is 0.600. The van der Waals surface area contributed by atoms with Crippen LogP contribution in [0.4, 0.5) is 10.1 Å². The molecule has 1 saturated carbocycles. The van der Waals surface area contributed by atoms with Gasteiger partial charge in [0.1, 0.15) is 6.17 Å². The Kier molecular flexibility index (Phi) is 6.85. The summed E-state index contributed by atoms with van der Waals surface area (Å²) in [6, 6.07) is 9.65. The van der Waals surface area contributed by atoms with Crippen molar-refractivity contribution in [3.8, 4) is 0 Å². The lowest BCUT2D eigenvalue weighted by atomic mass is 9.98. The average Bonchev–Trinajstić information content (AvgIpc) is 2.71. The van der Waals surface area contributed by atoms with Gasteiger partial charge in [-0.05, 0) is 51.9 Å². The summed E-state index contributed by atoms with van der Waals surface area (Å²) < 4.78 is 14.1. The van der Waals surface area contributed by atoms with E-state index in [9.17, 15) is 9.18 Å². The zero-order chi connectivity index (χ0) is 16.8. The topological polar surface area (TPSA) is 23.6 Å². The monoisotopic (exact) mass is 340 g/mol. The number of alkyl halides is 2. The van der Waals surface area contributed by atoms with E-state index < -0.39 is 6.17 Å². The van der Waals surface area contributed by atoms with E-state index in [0.717, 1.165) is 18.5 Å². The highest BCUT2D eigenvalue weighted by Crippen LogP contribution is 2.31. The molecule has 0 aliphatic heterocycles. The zero-order valence-corrected chi connectivity index (χ0v) is 14.7. The minimum atomic E-state index is -0.798. The maximum absolute atomic E-state index is 14.1. The number of likely N-dealkylation sites (N-methyl/N-ethyl adjacent to an activating group) is 1. The first-order valence-corrected chi connectivity index (χ1v) is 8.81. The van der Waals surface area contributed by atoms with Crippen molar-refractivity contribution in [2.24, 2.45) is 0 Å². The van der Waals surface area contributed by atoms with Crippen LogP contribution in [0.2, 0.25) is 0 Å². The highest BCUT2D eigenvalue weighted by molar-refractivity contribution is 6.19. The van der Waals surface area contributed by atoms with E-state index in [-0.39, 0.29) is 18.0 Å². The number of para-hydroxylation sites is 1. The van der Waals surface area contributed by atoms with E-state index in [1.807, 2.05) is 54.2 Å². The summed E-state index contributed by atoms with van der Waals surface area (Å²) in [5.74, 6) is 0.313.